The summed E-state index contributed by atoms with van der Waals surface area (Å²) in [6, 6.07) is 6.19. The summed E-state index contributed by atoms with van der Waals surface area (Å²) >= 11 is 0. The molecule has 3 aromatic rings. The van der Waals surface area contributed by atoms with Crippen molar-refractivity contribution in [3.63, 3.8) is 0 Å². The normalized spacial score (nSPS) is 10.9. The molecule has 0 fully saturated rings. The molecule has 1 aromatic carbocycles. The second kappa shape index (κ2) is 4.35. The summed E-state index contributed by atoms with van der Waals surface area (Å²) in [6.45, 7) is 3.83. The highest BCUT2D eigenvalue weighted by molar-refractivity contribution is 5.92. The minimum absolute atomic E-state index is 0.257. The Morgan fingerprint density at radius 1 is 1.11 bits per heavy atom. The molecule has 0 bridgehead atoms. The number of benzene rings is 1. The van der Waals surface area contributed by atoms with Crippen LogP contribution in [0.2, 0.25) is 0 Å². The van der Waals surface area contributed by atoms with Crippen LogP contribution >= 0.6 is 0 Å². The van der Waals surface area contributed by atoms with Gasteiger partial charge in [0.05, 0.1) is 5.39 Å². The summed E-state index contributed by atoms with van der Waals surface area (Å²) in [5.41, 5.74) is 2.66. The van der Waals surface area contributed by atoms with Crippen molar-refractivity contribution in [2.75, 3.05) is 5.32 Å². The van der Waals surface area contributed by atoms with Crippen LogP contribution in [0.25, 0.3) is 11.0 Å². The number of H-pyrrole nitrogens is 1. The number of aryl methyl sites for hydroxylation is 2. The van der Waals surface area contributed by atoms with E-state index >= 15 is 0 Å². The third kappa shape index (κ3) is 2.14. The Labute approximate surface area is 109 Å². The van der Waals surface area contributed by atoms with Crippen molar-refractivity contribution >= 4 is 22.5 Å². The van der Waals surface area contributed by atoms with E-state index in [0.29, 0.717) is 5.82 Å². The number of rotatable bonds is 2. The molecule has 2 aromatic heterocycles. The van der Waals surface area contributed by atoms with Crippen molar-refractivity contribution in [3.8, 4) is 0 Å². The van der Waals surface area contributed by atoms with Gasteiger partial charge in [-0.15, -0.1) is 0 Å². The molecule has 0 saturated carbocycles. The first-order chi connectivity index (χ1) is 9.13. The van der Waals surface area contributed by atoms with Crippen LogP contribution in [0.3, 0.4) is 0 Å². The topological polar surface area (TPSA) is 53.6 Å². The number of hydrogen-bond donors (Lipinski definition) is 2. The van der Waals surface area contributed by atoms with Gasteiger partial charge in [0.25, 0.3) is 0 Å². The molecule has 2 heterocycles. The molecule has 19 heavy (non-hydrogen) atoms. The molecule has 0 spiro atoms. The lowest BCUT2D eigenvalue weighted by molar-refractivity contribution is 0.628. The number of anilines is 2. The van der Waals surface area contributed by atoms with Crippen LogP contribution < -0.4 is 5.32 Å². The summed E-state index contributed by atoms with van der Waals surface area (Å²) in [4.78, 5) is 11.9. The first kappa shape index (κ1) is 11.6. The average Bonchev–Trinajstić information content (AvgIpc) is 2.74. The van der Waals surface area contributed by atoms with E-state index in [1.807, 2.05) is 20.0 Å². The molecule has 2 N–H and O–H groups in total. The van der Waals surface area contributed by atoms with E-state index in [2.05, 4.69) is 20.3 Å². The quantitative estimate of drug-likeness (QED) is 0.738. The predicted molar refractivity (Wildman–Crippen MR) is 73.0 cm³/mol. The number of nitrogens with one attached hydrogen (secondary N) is 2. The predicted octanol–water partition coefficient (Wildman–Crippen LogP) is 3.46. The zero-order valence-corrected chi connectivity index (χ0v) is 10.7. The van der Waals surface area contributed by atoms with Crippen molar-refractivity contribution < 1.29 is 4.39 Å². The maximum Gasteiger partial charge on any atom is 0.143 e. The van der Waals surface area contributed by atoms with Gasteiger partial charge in [0, 0.05) is 11.9 Å². The van der Waals surface area contributed by atoms with Gasteiger partial charge in [-0.2, -0.15) is 0 Å². The summed E-state index contributed by atoms with van der Waals surface area (Å²) in [6.07, 6.45) is 1.90. The van der Waals surface area contributed by atoms with Crippen molar-refractivity contribution in [1.29, 1.82) is 0 Å². The lowest BCUT2D eigenvalue weighted by Crippen LogP contribution is -1.98. The van der Waals surface area contributed by atoms with Crippen LogP contribution in [0.4, 0.5) is 15.9 Å². The van der Waals surface area contributed by atoms with Crippen LogP contribution in [-0.4, -0.2) is 15.0 Å². The van der Waals surface area contributed by atoms with Gasteiger partial charge >= 0.3 is 0 Å². The lowest BCUT2D eigenvalue weighted by atomic mass is 10.2. The summed E-state index contributed by atoms with van der Waals surface area (Å²) < 4.78 is 12.9. The van der Waals surface area contributed by atoms with Crippen molar-refractivity contribution in [1.82, 2.24) is 15.0 Å². The Hall–Kier alpha value is -2.43. The molecular weight excluding hydrogens is 243 g/mol. The summed E-state index contributed by atoms with van der Waals surface area (Å²) in [5, 5.41) is 4.16. The Balaban J connectivity index is 2.09. The number of aromatic amines is 1. The zero-order valence-electron chi connectivity index (χ0n) is 10.7. The number of hydrogen-bond acceptors (Lipinski definition) is 3. The van der Waals surface area contributed by atoms with Crippen LogP contribution in [0.15, 0.2) is 30.5 Å². The van der Waals surface area contributed by atoms with Gasteiger partial charge in [-0.05, 0) is 43.7 Å². The van der Waals surface area contributed by atoms with E-state index in [1.165, 1.54) is 12.1 Å². The molecule has 0 atom stereocenters. The first-order valence-corrected chi connectivity index (χ1v) is 5.98. The molecule has 0 unspecified atom stereocenters. The molecule has 0 aliphatic rings. The monoisotopic (exact) mass is 256 g/mol. The maximum atomic E-state index is 12.9. The SMILES string of the molecule is Cc1nc(Nc2ccc(F)cc2)c2c(C)c[nH]c2n1. The van der Waals surface area contributed by atoms with Gasteiger partial charge in [-0.1, -0.05) is 0 Å². The highest BCUT2D eigenvalue weighted by Crippen LogP contribution is 2.26. The van der Waals surface area contributed by atoms with E-state index in [0.717, 1.165) is 28.1 Å². The average molecular weight is 256 g/mol. The minimum Gasteiger partial charge on any atom is -0.346 e. The Morgan fingerprint density at radius 3 is 2.58 bits per heavy atom. The van der Waals surface area contributed by atoms with Gasteiger partial charge in [0.1, 0.15) is 23.1 Å². The second-order valence-electron chi connectivity index (χ2n) is 4.45. The van der Waals surface area contributed by atoms with Gasteiger partial charge in [-0.3, -0.25) is 0 Å². The Bertz CT molecular complexity index is 731. The third-order valence-corrected chi connectivity index (χ3v) is 2.95. The molecule has 0 radical (unpaired) electrons. The van der Waals surface area contributed by atoms with E-state index in [-0.39, 0.29) is 5.82 Å². The molecule has 0 aliphatic heterocycles. The van der Waals surface area contributed by atoms with E-state index in [9.17, 15) is 4.39 Å². The highest BCUT2D eigenvalue weighted by Gasteiger charge is 2.10. The molecule has 0 saturated heterocycles. The second-order valence-corrected chi connectivity index (χ2v) is 4.45. The van der Waals surface area contributed by atoms with Crippen LogP contribution in [0.1, 0.15) is 11.4 Å². The fourth-order valence-corrected chi connectivity index (χ4v) is 2.06. The van der Waals surface area contributed by atoms with E-state index in [1.54, 1.807) is 12.1 Å². The van der Waals surface area contributed by atoms with Gasteiger partial charge in [-0.25, -0.2) is 14.4 Å². The molecule has 96 valence electrons. The largest absolute Gasteiger partial charge is 0.346 e. The molecule has 0 aliphatic carbocycles. The van der Waals surface area contributed by atoms with Crippen molar-refractivity contribution in [3.05, 3.63) is 47.7 Å². The zero-order chi connectivity index (χ0) is 13.4. The smallest absolute Gasteiger partial charge is 0.143 e. The highest BCUT2D eigenvalue weighted by atomic mass is 19.1. The lowest BCUT2D eigenvalue weighted by Gasteiger charge is -2.08. The number of fused-ring (bicyclic) bond motifs is 1. The van der Waals surface area contributed by atoms with Gasteiger partial charge in [0.15, 0.2) is 0 Å². The van der Waals surface area contributed by atoms with Gasteiger partial charge < -0.3 is 10.3 Å². The van der Waals surface area contributed by atoms with Crippen LogP contribution in [0.5, 0.6) is 0 Å². The number of aromatic nitrogens is 3. The summed E-state index contributed by atoms with van der Waals surface area (Å²) in [5.74, 6) is 1.15. The molecule has 4 nitrogen and oxygen atoms in total. The Morgan fingerprint density at radius 2 is 1.84 bits per heavy atom. The standard InChI is InChI=1S/C14H13FN4/c1-8-7-16-13-12(8)14(18-9(2)17-13)19-11-5-3-10(15)4-6-11/h3-7H,1-2H3,(H2,16,17,18,19). The minimum atomic E-state index is -0.257. The maximum absolute atomic E-state index is 12.9. The van der Waals surface area contributed by atoms with Crippen molar-refractivity contribution in [2.45, 2.75) is 13.8 Å². The molecular formula is C14H13FN4. The first-order valence-electron chi connectivity index (χ1n) is 5.98. The van der Waals surface area contributed by atoms with Crippen LogP contribution in [0, 0.1) is 19.7 Å². The molecule has 5 heteroatoms. The van der Waals surface area contributed by atoms with Crippen molar-refractivity contribution in [2.24, 2.45) is 0 Å². The fourth-order valence-electron chi connectivity index (χ4n) is 2.06. The van der Waals surface area contributed by atoms with Gasteiger partial charge in [0.2, 0.25) is 0 Å². The van der Waals surface area contributed by atoms with E-state index < -0.39 is 0 Å². The number of nitrogens with zero attached hydrogens (tertiary/aromatic N) is 2. The van der Waals surface area contributed by atoms with Crippen LogP contribution in [-0.2, 0) is 0 Å². The van der Waals surface area contributed by atoms with E-state index in [4.69, 9.17) is 0 Å². The molecule has 0 amide bonds. The molecule has 3 rings (SSSR count). The fraction of sp³-hybridized carbons (Fsp3) is 0.143. The number of halogens is 1. The summed E-state index contributed by atoms with van der Waals surface area (Å²) in [7, 11) is 0. The Kier molecular flexibility index (Phi) is 2.67. The third-order valence-electron chi connectivity index (χ3n) is 2.95.